The number of hydrogen-bond donors (Lipinski definition) is 2. The van der Waals surface area contributed by atoms with Crippen LogP contribution < -0.4 is 10.6 Å². The van der Waals surface area contributed by atoms with E-state index in [-0.39, 0.29) is 18.2 Å². The van der Waals surface area contributed by atoms with Gasteiger partial charge in [-0.05, 0) is 68.8 Å². The van der Waals surface area contributed by atoms with Crippen molar-refractivity contribution in [3.8, 4) is 0 Å². The minimum atomic E-state index is -0.735. The molecular weight excluding hydrogens is 529 g/mol. The van der Waals surface area contributed by atoms with Gasteiger partial charge in [-0.2, -0.15) is 5.10 Å². The number of aliphatic carboxylic acids is 1. The summed E-state index contributed by atoms with van der Waals surface area (Å²) in [4.78, 5) is 37.0. The number of halogens is 2. The van der Waals surface area contributed by atoms with Crippen LogP contribution in [0.1, 0.15) is 54.7 Å². The summed E-state index contributed by atoms with van der Waals surface area (Å²) in [6.45, 7) is 6.56. The topological polar surface area (TPSA) is 130 Å². The van der Waals surface area contributed by atoms with Gasteiger partial charge in [0.05, 0.1) is 12.2 Å². The second-order valence-corrected chi connectivity index (χ2v) is 11.1. The number of nitrogens with two attached hydrogens (primary N) is 1. The molecular formula is C26H31Cl2N7O3. The zero-order valence-electron chi connectivity index (χ0n) is 21.2. The van der Waals surface area contributed by atoms with Crippen molar-refractivity contribution in [2.75, 3.05) is 37.6 Å². The maximum atomic E-state index is 12.1. The first-order valence-corrected chi connectivity index (χ1v) is 13.7. The normalized spacial score (nSPS) is 19.4. The van der Waals surface area contributed by atoms with Gasteiger partial charge in [-0.15, -0.1) is 0 Å². The third-order valence-corrected chi connectivity index (χ3v) is 8.27. The van der Waals surface area contributed by atoms with E-state index in [1.807, 2.05) is 13.0 Å². The number of piperidine rings is 1. The van der Waals surface area contributed by atoms with Gasteiger partial charge < -0.3 is 20.6 Å². The molecule has 10 nitrogen and oxygen atoms in total. The Morgan fingerprint density at radius 1 is 1.21 bits per heavy atom. The van der Waals surface area contributed by atoms with Crippen molar-refractivity contribution in [1.82, 2.24) is 24.6 Å². The predicted octanol–water partition coefficient (Wildman–Crippen LogP) is 3.85. The number of rotatable bonds is 9. The van der Waals surface area contributed by atoms with Crippen LogP contribution in [-0.4, -0.2) is 74.4 Å². The summed E-state index contributed by atoms with van der Waals surface area (Å²) in [5.74, 6) is 0.461. The minimum Gasteiger partial charge on any atom is -0.481 e. The largest absolute Gasteiger partial charge is 0.481 e. The molecule has 38 heavy (non-hydrogen) atoms. The minimum absolute atomic E-state index is 0.0719. The van der Waals surface area contributed by atoms with Crippen molar-refractivity contribution in [3.05, 3.63) is 45.7 Å². The highest BCUT2D eigenvalue weighted by Crippen LogP contribution is 2.35. The van der Waals surface area contributed by atoms with Crippen LogP contribution in [0.2, 0.25) is 10.0 Å². The molecule has 2 fully saturated rings. The fraction of sp³-hybridized carbons (Fsp3) is 0.500. The van der Waals surface area contributed by atoms with Crippen LogP contribution in [-0.2, 0) is 4.79 Å². The Morgan fingerprint density at radius 3 is 2.71 bits per heavy atom. The maximum absolute atomic E-state index is 12.1. The van der Waals surface area contributed by atoms with Gasteiger partial charge in [0.15, 0.2) is 11.3 Å². The van der Waals surface area contributed by atoms with E-state index in [0.29, 0.717) is 39.5 Å². The van der Waals surface area contributed by atoms with Crippen LogP contribution in [0.15, 0.2) is 24.4 Å². The molecule has 5 rings (SSSR count). The fourth-order valence-corrected chi connectivity index (χ4v) is 6.16. The number of amides is 1. The molecule has 2 aliphatic rings. The molecule has 0 spiro atoms. The number of carboxylic acid groups (broad SMARTS) is 1. The molecule has 1 amide bonds. The van der Waals surface area contributed by atoms with E-state index < -0.39 is 11.9 Å². The SMILES string of the molecule is C[C@H](c1ccc(Cl)cc1Cl)n1nc(C(N)=O)c2ncc(N3CC(C4CCCN(CCCC(=O)O)C4)C3)nc21. The zero-order valence-corrected chi connectivity index (χ0v) is 22.7. The molecule has 12 heteroatoms. The summed E-state index contributed by atoms with van der Waals surface area (Å²) in [6, 6.07) is 4.93. The molecule has 0 bridgehead atoms. The number of primary amides is 1. The maximum Gasteiger partial charge on any atom is 0.303 e. The van der Waals surface area contributed by atoms with Crippen LogP contribution in [0.25, 0.3) is 11.2 Å². The average Bonchev–Trinajstić information content (AvgIpc) is 3.22. The second-order valence-electron chi connectivity index (χ2n) is 10.3. The quantitative estimate of drug-likeness (QED) is 0.404. The lowest BCUT2D eigenvalue weighted by atomic mass is 9.80. The van der Waals surface area contributed by atoms with Crippen LogP contribution >= 0.6 is 23.2 Å². The van der Waals surface area contributed by atoms with Crippen LogP contribution in [0.4, 0.5) is 5.82 Å². The van der Waals surface area contributed by atoms with Crippen LogP contribution in [0.3, 0.4) is 0 Å². The van der Waals surface area contributed by atoms with Gasteiger partial charge in [0.1, 0.15) is 11.3 Å². The van der Waals surface area contributed by atoms with Crippen LogP contribution in [0.5, 0.6) is 0 Å². The smallest absolute Gasteiger partial charge is 0.303 e. The zero-order chi connectivity index (χ0) is 27.0. The number of fused-ring (bicyclic) bond motifs is 1. The lowest BCUT2D eigenvalue weighted by Crippen LogP contribution is -2.54. The van der Waals surface area contributed by atoms with Crippen molar-refractivity contribution < 1.29 is 14.7 Å². The van der Waals surface area contributed by atoms with E-state index in [2.05, 4.69) is 19.9 Å². The fourth-order valence-electron chi connectivity index (χ4n) is 5.59. The van der Waals surface area contributed by atoms with Crippen LogP contribution in [0, 0.1) is 11.8 Å². The van der Waals surface area contributed by atoms with Crippen molar-refractivity contribution in [3.63, 3.8) is 0 Å². The van der Waals surface area contributed by atoms with Gasteiger partial charge >= 0.3 is 5.97 Å². The first kappa shape index (κ1) is 26.6. The summed E-state index contributed by atoms with van der Waals surface area (Å²) >= 11 is 12.5. The van der Waals surface area contributed by atoms with Crippen molar-refractivity contribution in [1.29, 1.82) is 0 Å². The van der Waals surface area contributed by atoms with E-state index in [1.54, 1.807) is 23.0 Å². The number of carbonyl (C=O) groups is 2. The molecule has 2 saturated heterocycles. The Morgan fingerprint density at radius 2 is 2.00 bits per heavy atom. The molecule has 202 valence electrons. The average molecular weight is 560 g/mol. The first-order chi connectivity index (χ1) is 18.2. The molecule has 0 saturated carbocycles. The van der Waals surface area contributed by atoms with Gasteiger partial charge in [-0.25, -0.2) is 14.6 Å². The lowest BCUT2D eigenvalue weighted by Gasteiger charge is -2.47. The Labute approximate surface area is 230 Å². The molecule has 1 aromatic carbocycles. The van der Waals surface area contributed by atoms with E-state index >= 15 is 0 Å². The van der Waals surface area contributed by atoms with Gasteiger partial charge in [0.25, 0.3) is 5.91 Å². The Bertz CT molecular complexity index is 1360. The van der Waals surface area contributed by atoms with E-state index in [0.717, 1.165) is 50.5 Å². The number of likely N-dealkylation sites (tertiary alicyclic amines) is 1. The highest BCUT2D eigenvalue weighted by molar-refractivity contribution is 6.35. The summed E-state index contributed by atoms with van der Waals surface area (Å²) in [5.41, 5.74) is 7.30. The molecule has 2 aromatic heterocycles. The van der Waals surface area contributed by atoms with Gasteiger partial charge in [0.2, 0.25) is 0 Å². The summed E-state index contributed by atoms with van der Waals surface area (Å²) in [5, 5.41) is 14.4. The Hall–Kier alpha value is -2.95. The molecule has 0 aliphatic carbocycles. The van der Waals surface area contributed by atoms with E-state index in [9.17, 15) is 9.59 Å². The lowest BCUT2D eigenvalue weighted by molar-refractivity contribution is -0.137. The monoisotopic (exact) mass is 559 g/mol. The molecule has 0 radical (unpaired) electrons. The standard InChI is InChI=1S/C26H31Cl2N7O3/c1-15(19-7-6-18(27)10-20(19)28)35-26-24(23(32-35)25(29)38)30-11-21(31-26)34-13-17(14-34)16-4-2-8-33(12-16)9-3-5-22(36)37/h6-7,10-11,15-17H,2-5,8-9,12-14H2,1H3,(H2,29,38)(H,36,37)/t15-,16?/m1/s1. The van der Waals surface area contributed by atoms with E-state index in [1.165, 1.54) is 6.42 Å². The number of aromatic nitrogens is 4. The first-order valence-electron chi connectivity index (χ1n) is 12.9. The highest BCUT2D eigenvalue weighted by atomic mass is 35.5. The number of anilines is 1. The molecule has 3 N–H and O–H groups in total. The number of carboxylic acids is 1. The van der Waals surface area contributed by atoms with Gasteiger partial charge in [-0.3, -0.25) is 9.59 Å². The van der Waals surface area contributed by atoms with E-state index in [4.69, 9.17) is 39.0 Å². The second kappa shape index (κ2) is 11.0. The molecule has 2 atom stereocenters. The molecule has 1 unspecified atom stereocenters. The number of nitrogens with zero attached hydrogens (tertiary/aromatic N) is 6. The molecule has 2 aliphatic heterocycles. The summed E-state index contributed by atoms with van der Waals surface area (Å²) in [7, 11) is 0. The van der Waals surface area contributed by atoms with Crippen molar-refractivity contribution >= 4 is 52.1 Å². The highest BCUT2D eigenvalue weighted by Gasteiger charge is 2.37. The number of benzene rings is 1. The Balaban J connectivity index is 1.32. The molecule has 4 heterocycles. The van der Waals surface area contributed by atoms with Gasteiger partial charge in [-0.1, -0.05) is 29.3 Å². The third kappa shape index (κ3) is 5.43. The van der Waals surface area contributed by atoms with Gasteiger partial charge in [0, 0.05) is 36.1 Å². The Kier molecular flexibility index (Phi) is 7.74. The summed E-state index contributed by atoms with van der Waals surface area (Å²) in [6.07, 6.45) is 4.91. The number of hydrogen-bond acceptors (Lipinski definition) is 7. The molecule has 3 aromatic rings. The third-order valence-electron chi connectivity index (χ3n) is 7.71. The predicted molar refractivity (Wildman–Crippen MR) is 146 cm³/mol. The number of carbonyl (C=O) groups excluding carboxylic acids is 1. The van der Waals surface area contributed by atoms with Crippen molar-refractivity contribution in [2.24, 2.45) is 17.6 Å². The summed E-state index contributed by atoms with van der Waals surface area (Å²) < 4.78 is 1.65. The van der Waals surface area contributed by atoms with Crippen molar-refractivity contribution in [2.45, 2.75) is 38.6 Å².